The lowest BCUT2D eigenvalue weighted by Gasteiger charge is -2.49. The summed E-state index contributed by atoms with van der Waals surface area (Å²) < 4.78 is 5.60. The minimum absolute atomic E-state index is 0.419. The van der Waals surface area contributed by atoms with Gasteiger partial charge in [0.05, 0.1) is 13.2 Å². The van der Waals surface area contributed by atoms with Gasteiger partial charge in [0.1, 0.15) is 0 Å². The molecule has 134 valence electrons. The van der Waals surface area contributed by atoms with Crippen LogP contribution in [0, 0.1) is 0 Å². The molecule has 1 saturated carbocycles. The second-order valence-electron chi connectivity index (χ2n) is 7.88. The van der Waals surface area contributed by atoms with E-state index in [1.54, 1.807) is 0 Å². The zero-order chi connectivity index (χ0) is 16.0. The first-order valence-corrected chi connectivity index (χ1v) is 10.1. The summed E-state index contributed by atoms with van der Waals surface area (Å²) in [4.78, 5) is 5.39. The SMILES string of the molecule is CCCN1CCC(NCC2(N3CCOCC3)CCCCC2)CC1. The lowest BCUT2D eigenvalue weighted by Crippen LogP contribution is -2.60. The van der Waals surface area contributed by atoms with E-state index in [1.165, 1.54) is 77.5 Å². The van der Waals surface area contributed by atoms with Crippen LogP contribution in [0.3, 0.4) is 0 Å². The van der Waals surface area contributed by atoms with Crippen LogP contribution in [-0.2, 0) is 4.74 Å². The number of ether oxygens (including phenoxy) is 1. The molecule has 1 N–H and O–H groups in total. The van der Waals surface area contributed by atoms with E-state index in [0.717, 1.165) is 32.3 Å². The van der Waals surface area contributed by atoms with Crippen LogP contribution in [0.2, 0.25) is 0 Å². The number of nitrogens with zero attached hydrogens (tertiary/aromatic N) is 2. The number of morpholine rings is 1. The Hall–Kier alpha value is -0.160. The minimum atomic E-state index is 0.419. The van der Waals surface area contributed by atoms with Gasteiger partial charge in [-0.2, -0.15) is 0 Å². The Morgan fingerprint density at radius 2 is 1.70 bits per heavy atom. The van der Waals surface area contributed by atoms with Crippen molar-refractivity contribution in [2.45, 2.75) is 69.9 Å². The molecule has 0 spiro atoms. The quantitative estimate of drug-likeness (QED) is 0.813. The summed E-state index contributed by atoms with van der Waals surface area (Å²) in [5, 5.41) is 3.98. The molecule has 0 atom stereocenters. The highest BCUT2D eigenvalue weighted by Gasteiger charge is 2.38. The standard InChI is InChI=1S/C19H37N3O/c1-2-10-21-11-6-18(7-12-21)20-17-19(8-4-3-5-9-19)22-13-15-23-16-14-22/h18,20H,2-17H2,1H3. The molecule has 23 heavy (non-hydrogen) atoms. The van der Waals surface area contributed by atoms with Gasteiger partial charge in [0.25, 0.3) is 0 Å². The molecule has 0 amide bonds. The number of piperidine rings is 1. The number of nitrogens with one attached hydrogen (secondary N) is 1. The zero-order valence-corrected chi connectivity index (χ0v) is 15.2. The van der Waals surface area contributed by atoms with E-state index >= 15 is 0 Å². The van der Waals surface area contributed by atoms with Gasteiger partial charge in [-0.15, -0.1) is 0 Å². The van der Waals surface area contributed by atoms with Crippen molar-refractivity contribution in [3.05, 3.63) is 0 Å². The van der Waals surface area contributed by atoms with Gasteiger partial charge >= 0.3 is 0 Å². The maximum atomic E-state index is 5.60. The highest BCUT2D eigenvalue weighted by molar-refractivity contribution is 4.97. The van der Waals surface area contributed by atoms with Crippen molar-refractivity contribution in [2.24, 2.45) is 0 Å². The van der Waals surface area contributed by atoms with E-state index < -0.39 is 0 Å². The molecule has 4 nitrogen and oxygen atoms in total. The van der Waals surface area contributed by atoms with E-state index in [4.69, 9.17) is 4.74 Å². The summed E-state index contributed by atoms with van der Waals surface area (Å²) in [6, 6.07) is 0.739. The molecule has 0 aromatic carbocycles. The van der Waals surface area contributed by atoms with Crippen LogP contribution in [0.5, 0.6) is 0 Å². The van der Waals surface area contributed by atoms with Crippen molar-refractivity contribution < 1.29 is 4.74 Å². The Labute approximate surface area is 142 Å². The summed E-state index contributed by atoms with van der Waals surface area (Å²) in [5.74, 6) is 0. The van der Waals surface area contributed by atoms with Crippen molar-refractivity contribution in [1.29, 1.82) is 0 Å². The van der Waals surface area contributed by atoms with E-state index in [-0.39, 0.29) is 0 Å². The van der Waals surface area contributed by atoms with Gasteiger partial charge in [-0.05, 0) is 51.7 Å². The van der Waals surface area contributed by atoms with Crippen LogP contribution < -0.4 is 5.32 Å². The Balaban J connectivity index is 1.50. The fourth-order valence-corrected chi connectivity index (χ4v) is 4.86. The van der Waals surface area contributed by atoms with Crippen molar-refractivity contribution in [3.63, 3.8) is 0 Å². The Bertz CT molecular complexity index is 330. The topological polar surface area (TPSA) is 27.7 Å². The van der Waals surface area contributed by atoms with Crippen LogP contribution in [0.25, 0.3) is 0 Å². The van der Waals surface area contributed by atoms with Crippen LogP contribution in [-0.4, -0.2) is 73.9 Å². The lowest BCUT2D eigenvalue weighted by atomic mass is 9.79. The van der Waals surface area contributed by atoms with E-state index in [0.29, 0.717) is 5.54 Å². The highest BCUT2D eigenvalue weighted by Crippen LogP contribution is 2.34. The first-order chi connectivity index (χ1) is 11.3. The molecule has 3 fully saturated rings. The summed E-state index contributed by atoms with van der Waals surface area (Å²) in [5.41, 5.74) is 0.419. The maximum absolute atomic E-state index is 5.60. The third-order valence-electron chi connectivity index (χ3n) is 6.31. The molecule has 2 heterocycles. The van der Waals surface area contributed by atoms with Gasteiger partial charge in [-0.3, -0.25) is 4.90 Å². The van der Waals surface area contributed by atoms with Crippen molar-refractivity contribution in [1.82, 2.24) is 15.1 Å². The molecular weight excluding hydrogens is 286 g/mol. The van der Waals surface area contributed by atoms with E-state index in [2.05, 4.69) is 22.0 Å². The van der Waals surface area contributed by atoms with Gasteiger partial charge in [0, 0.05) is 31.2 Å². The minimum Gasteiger partial charge on any atom is -0.379 e. The molecule has 2 saturated heterocycles. The predicted octanol–water partition coefficient (Wildman–Crippen LogP) is 2.49. The maximum Gasteiger partial charge on any atom is 0.0594 e. The lowest BCUT2D eigenvalue weighted by molar-refractivity contribution is -0.0383. The molecule has 3 rings (SSSR count). The van der Waals surface area contributed by atoms with Crippen LogP contribution >= 0.6 is 0 Å². The molecule has 0 bridgehead atoms. The van der Waals surface area contributed by atoms with Crippen LogP contribution in [0.1, 0.15) is 58.3 Å². The largest absolute Gasteiger partial charge is 0.379 e. The molecule has 2 aliphatic heterocycles. The molecule has 3 aliphatic rings. The fraction of sp³-hybridized carbons (Fsp3) is 1.00. The number of hydrogen-bond donors (Lipinski definition) is 1. The average molecular weight is 324 g/mol. The fourth-order valence-electron chi connectivity index (χ4n) is 4.86. The smallest absolute Gasteiger partial charge is 0.0594 e. The van der Waals surface area contributed by atoms with Gasteiger partial charge in [-0.25, -0.2) is 0 Å². The number of rotatable bonds is 6. The van der Waals surface area contributed by atoms with Crippen LogP contribution in [0.15, 0.2) is 0 Å². The van der Waals surface area contributed by atoms with Crippen molar-refractivity contribution in [3.8, 4) is 0 Å². The first kappa shape index (κ1) is 17.7. The number of likely N-dealkylation sites (tertiary alicyclic amines) is 1. The molecule has 1 aliphatic carbocycles. The van der Waals surface area contributed by atoms with Gasteiger partial charge in [-0.1, -0.05) is 26.2 Å². The predicted molar refractivity (Wildman–Crippen MR) is 96.0 cm³/mol. The van der Waals surface area contributed by atoms with Crippen LogP contribution in [0.4, 0.5) is 0 Å². The average Bonchev–Trinajstić information content (AvgIpc) is 2.63. The highest BCUT2D eigenvalue weighted by atomic mass is 16.5. The monoisotopic (exact) mass is 323 g/mol. The van der Waals surface area contributed by atoms with Gasteiger partial charge < -0.3 is 15.0 Å². The van der Waals surface area contributed by atoms with Gasteiger partial charge in [0.15, 0.2) is 0 Å². The van der Waals surface area contributed by atoms with E-state index in [9.17, 15) is 0 Å². The first-order valence-electron chi connectivity index (χ1n) is 10.1. The Kier molecular flexibility index (Phi) is 6.75. The van der Waals surface area contributed by atoms with E-state index in [1.807, 2.05) is 0 Å². The summed E-state index contributed by atoms with van der Waals surface area (Å²) in [7, 11) is 0. The molecule has 0 radical (unpaired) electrons. The van der Waals surface area contributed by atoms with Crippen molar-refractivity contribution >= 4 is 0 Å². The Morgan fingerprint density at radius 3 is 2.35 bits per heavy atom. The van der Waals surface area contributed by atoms with Gasteiger partial charge in [0.2, 0.25) is 0 Å². The molecule has 0 aromatic heterocycles. The molecule has 0 aromatic rings. The second kappa shape index (κ2) is 8.80. The summed E-state index contributed by atoms with van der Waals surface area (Å²) in [6.45, 7) is 11.5. The Morgan fingerprint density at radius 1 is 1.00 bits per heavy atom. The summed E-state index contributed by atoms with van der Waals surface area (Å²) >= 11 is 0. The van der Waals surface area contributed by atoms with Crippen molar-refractivity contribution in [2.75, 3.05) is 52.5 Å². The second-order valence-corrected chi connectivity index (χ2v) is 7.88. The third-order valence-corrected chi connectivity index (χ3v) is 6.31. The zero-order valence-electron chi connectivity index (χ0n) is 15.2. The summed E-state index contributed by atoms with van der Waals surface area (Å²) in [6.07, 6.45) is 11.0. The number of hydrogen-bond acceptors (Lipinski definition) is 4. The normalized spacial score (nSPS) is 28.0. The molecule has 4 heteroatoms. The third kappa shape index (κ3) is 4.68. The molecule has 0 unspecified atom stereocenters. The molecular formula is C19H37N3O.